The highest BCUT2D eigenvalue weighted by Gasteiger charge is 2.40. The molecule has 2 N–H and O–H groups in total. The summed E-state index contributed by atoms with van der Waals surface area (Å²) >= 11 is 0. The molecule has 0 saturated heterocycles. The highest BCUT2D eigenvalue weighted by atomic mass is 16.5. The van der Waals surface area contributed by atoms with Crippen LogP contribution in [0.1, 0.15) is 30.9 Å². The molecule has 14 heavy (non-hydrogen) atoms. The maximum Gasteiger partial charge on any atom is 0.123 e. The lowest BCUT2D eigenvalue weighted by atomic mass is 10.0. The van der Waals surface area contributed by atoms with Crippen LogP contribution in [-0.2, 0) is 12.0 Å². The molecule has 1 aromatic carbocycles. The van der Waals surface area contributed by atoms with E-state index in [0.29, 0.717) is 6.10 Å². The van der Waals surface area contributed by atoms with Crippen molar-refractivity contribution < 1.29 is 4.74 Å². The van der Waals surface area contributed by atoms with Crippen LogP contribution in [0, 0.1) is 0 Å². The van der Waals surface area contributed by atoms with Crippen molar-refractivity contribution in [2.45, 2.75) is 37.8 Å². The monoisotopic (exact) mass is 189 g/mol. The van der Waals surface area contributed by atoms with Crippen LogP contribution in [0.25, 0.3) is 0 Å². The van der Waals surface area contributed by atoms with E-state index in [1.54, 1.807) is 0 Å². The lowest BCUT2D eigenvalue weighted by Crippen LogP contribution is -2.18. The fourth-order valence-electron chi connectivity index (χ4n) is 2.16. The summed E-state index contributed by atoms with van der Waals surface area (Å²) in [5.41, 5.74) is 8.75. The minimum Gasteiger partial charge on any atom is -0.490 e. The average molecular weight is 189 g/mol. The fraction of sp³-hybridized carbons (Fsp3) is 0.500. The summed E-state index contributed by atoms with van der Waals surface area (Å²) in [4.78, 5) is 0. The molecule has 0 aromatic heterocycles. The van der Waals surface area contributed by atoms with Crippen molar-refractivity contribution >= 4 is 0 Å². The lowest BCUT2D eigenvalue weighted by molar-refractivity contribution is 0.254. The molecule has 1 saturated carbocycles. The van der Waals surface area contributed by atoms with E-state index in [1.165, 1.54) is 11.1 Å². The second-order valence-corrected chi connectivity index (χ2v) is 4.61. The lowest BCUT2D eigenvalue weighted by Gasteiger charge is -2.10. The van der Waals surface area contributed by atoms with Gasteiger partial charge < -0.3 is 10.5 Å². The Morgan fingerprint density at radius 2 is 2.21 bits per heavy atom. The Labute approximate surface area is 84.1 Å². The molecule has 0 spiro atoms. The Morgan fingerprint density at radius 3 is 2.93 bits per heavy atom. The maximum absolute atomic E-state index is 6.16. The Morgan fingerprint density at radius 1 is 1.43 bits per heavy atom. The largest absolute Gasteiger partial charge is 0.490 e. The number of fused-ring (bicyclic) bond motifs is 1. The summed E-state index contributed by atoms with van der Waals surface area (Å²) in [6, 6.07) is 6.41. The molecule has 1 aromatic rings. The van der Waals surface area contributed by atoms with E-state index in [9.17, 15) is 0 Å². The maximum atomic E-state index is 6.16. The summed E-state index contributed by atoms with van der Waals surface area (Å²) in [5, 5.41) is 0. The van der Waals surface area contributed by atoms with Crippen LogP contribution < -0.4 is 10.5 Å². The molecule has 1 heterocycles. The molecule has 2 aliphatic rings. The Balaban J connectivity index is 2.00. The van der Waals surface area contributed by atoms with Gasteiger partial charge in [0.1, 0.15) is 11.9 Å². The SMILES string of the molecule is CC1Cc2cc(C3(N)CC3)ccc2O1. The third kappa shape index (κ3) is 1.14. The first-order valence-corrected chi connectivity index (χ1v) is 5.26. The van der Waals surface area contributed by atoms with Gasteiger partial charge in [-0.05, 0) is 37.0 Å². The standard InChI is InChI=1S/C12H15NO/c1-8-6-9-7-10(12(13)4-5-12)2-3-11(9)14-8/h2-3,7-8H,4-6,13H2,1H3. The van der Waals surface area contributed by atoms with E-state index in [-0.39, 0.29) is 5.54 Å². The van der Waals surface area contributed by atoms with Gasteiger partial charge in [-0.25, -0.2) is 0 Å². The van der Waals surface area contributed by atoms with Crippen LogP contribution in [0.3, 0.4) is 0 Å². The highest BCUT2D eigenvalue weighted by molar-refractivity contribution is 5.44. The first-order valence-electron chi connectivity index (χ1n) is 5.26. The van der Waals surface area contributed by atoms with Gasteiger partial charge in [0.05, 0.1) is 0 Å². The smallest absolute Gasteiger partial charge is 0.123 e. The van der Waals surface area contributed by atoms with Crippen molar-refractivity contribution in [3.8, 4) is 5.75 Å². The Hall–Kier alpha value is -1.02. The van der Waals surface area contributed by atoms with Gasteiger partial charge in [0.2, 0.25) is 0 Å². The van der Waals surface area contributed by atoms with Crippen molar-refractivity contribution in [2.24, 2.45) is 5.73 Å². The van der Waals surface area contributed by atoms with Gasteiger partial charge in [0, 0.05) is 12.0 Å². The first kappa shape index (κ1) is 8.30. The predicted octanol–water partition coefficient (Wildman–Crippen LogP) is 1.96. The number of nitrogens with two attached hydrogens (primary N) is 1. The quantitative estimate of drug-likeness (QED) is 0.733. The van der Waals surface area contributed by atoms with E-state index in [2.05, 4.69) is 25.1 Å². The molecule has 1 atom stereocenters. The van der Waals surface area contributed by atoms with Crippen LogP contribution in [0.2, 0.25) is 0 Å². The summed E-state index contributed by atoms with van der Waals surface area (Å²) in [6.45, 7) is 2.11. The van der Waals surface area contributed by atoms with Crippen molar-refractivity contribution in [3.05, 3.63) is 29.3 Å². The van der Waals surface area contributed by atoms with Gasteiger partial charge in [0.25, 0.3) is 0 Å². The second kappa shape index (κ2) is 2.51. The molecular formula is C12H15NO. The third-order valence-electron chi connectivity index (χ3n) is 3.26. The van der Waals surface area contributed by atoms with Crippen LogP contribution in [0.15, 0.2) is 18.2 Å². The molecule has 0 amide bonds. The Bertz CT molecular complexity index is 382. The molecule has 2 heteroatoms. The third-order valence-corrected chi connectivity index (χ3v) is 3.26. The van der Waals surface area contributed by atoms with E-state index in [4.69, 9.17) is 10.5 Å². The second-order valence-electron chi connectivity index (χ2n) is 4.61. The molecule has 1 aliphatic heterocycles. The number of hydrogen-bond acceptors (Lipinski definition) is 2. The van der Waals surface area contributed by atoms with Crippen LogP contribution in [0.4, 0.5) is 0 Å². The van der Waals surface area contributed by atoms with E-state index in [0.717, 1.165) is 25.0 Å². The molecular weight excluding hydrogens is 174 g/mol. The van der Waals surface area contributed by atoms with E-state index < -0.39 is 0 Å². The molecule has 1 aliphatic carbocycles. The minimum atomic E-state index is -0.0130. The first-order chi connectivity index (χ1) is 6.67. The number of ether oxygens (including phenoxy) is 1. The number of hydrogen-bond donors (Lipinski definition) is 1. The molecule has 1 fully saturated rings. The molecule has 2 nitrogen and oxygen atoms in total. The number of rotatable bonds is 1. The zero-order valence-electron chi connectivity index (χ0n) is 8.42. The van der Waals surface area contributed by atoms with Crippen molar-refractivity contribution in [2.75, 3.05) is 0 Å². The fourth-order valence-corrected chi connectivity index (χ4v) is 2.16. The van der Waals surface area contributed by atoms with Gasteiger partial charge in [0.15, 0.2) is 0 Å². The van der Waals surface area contributed by atoms with E-state index in [1.807, 2.05) is 0 Å². The van der Waals surface area contributed by atoms with Crippen LogP contribution in [0.5, 0.6) is 5.75 Å². The van der Waals surface area contributed by atoms with Gasteiger partial charge in [-0.3, -0.25) is 0 Å². The number of benzene rings is 1. The van der Waals surface area contributed by atoms with Gasteiger partial charge >= 0.3 is 0 Å². The van der Waals surface area contributed by atoms with Gasteiger partial charge in [-0.1, -0.05) is 12.1 Å². The van der Waals surface area contributed by atoms with Gasteiger partial charge in [-0.15, -0.1) is 0 Å². The van der Waals surface area contributed by atoms with Crippen molar-refractivity contribution in [3.63, 3.8) is 0 Å². The minimum absolute atomic E-state index is 0.0130. The zero-order valence-corrected chi connectivity index (χ0v) is 8.42. The van der Waals surface area contributed by atoms with Crippen LogP contribution in [-0.4, -0.2) is 6.10 Å². The average Bonchev–Trinajstić information content (AvgIpc) is 2.79. The summed E-state index contributed by atoms with van der Waals surface area (Å²) in [6.07, 6.45) is 3.61. The zero-order chi connectivity index (χ0) is 9.76. The molecule has 0 bridgehead atoms. The van der Waals surface area contributed by atoms with Crippen molar-refractivity contribution in [1.82, 2.24) is 0 Å². The summed E-state index contributed by atoms with van der Waals surface area (Å²) in [5.74, 6) is 1.05. The van der Waals surface area contributed by atoms with E-state index >= 15 is 0 Å². The van der Waals surface area contributed by atoms with Crippen molar-refractivity contribution in [1.29, 1.82) is 0 Å². The molecule has 1 unspecified atom stereocenters. The normalized spacial score (nSPS) is 26.9. The Kier molecular flexibility index (Phi) is 1.49. The van der Waals surface area contributed by atoms with Gasteiger partial charge in [-0.2, -0.15) is 0 Å². The molecule has 74 valence electrons. The summed E-state index contributed by atoms with van der Waals surface area (Å²) < 4.78 is 5.65. The predicted molar refractivity (Wildman–Crippen MR) is 55.3 cm³/mol. The molecule has 3 rings (SSSR count). The topological polar surface area (TPSA) is 35.2 Å². The highest BCUT2D eigenvalue weighted by Crippen LogP contribution is 2.44. The molecule has 0 radical (unpaired) electrons. The summed E-state index contributed by atoms with van der Waals surface area (Å²) in [7, 11) is 0. The van der Waals surface area contributed by atoms with Crippen LogP contribution >= 0.6 is 0 Å².